The molecule has 1 fully saturated rings. The second-order valence-corrected chi connectivity index (χ2v) is 7.27. The highest BCUT2D eigenvalue weighted by atomic mass is 35.5. The second kappa shape index (κ2) is 7.59. The van der Waals surface area contributed by atoms with Gasteiger partial charge in [0.05, 0.1) is 4.90 Å². The van der Waals surface area contributed by atoms with Gasteiger partial charge in [-0.15, -0.1) is 12.4 Å². The van der Waals surface area contributed by atoms with Crippen molar-refractivity contribution < 1.29 is 17.9 Å². The number of nitrogens with two attached hydrogens (primary N) is 1. The number of aryl methyl sites for hydroxylation is 1. The predicted octanol–water partition coefficient (Wildman–Crippen LogP) is 0.771. The lowest BCUT2D eigenvalue weighted by Crippen LogP contribution is -2.54. The number of nitrogens with one attached hydrogen (secondary N) is 2. The molecule has 1 aromatic carbocycles. The average Bonchev–Trinajstić information content (AvgIpc) is 2.49. The molecule has 4 N–H and O–H groups in total. The Morgan fingerprint density at radius 2 is 1.91 bits per heavy atom. The Kier molecular flexibility index (Phi) is 6.55. The van der Waals surface area contributed by atoms with E-state index in [1.165, 1.54) is 13.1 Å². The predicted molar refractivity (Wildman–Crippen MR) is 90.3 cm³/mol. The molecule has 0 aromatic heterocycles. The quantitative estimate of drug-likeness (QED) is 0.731. The van der Waals surface area contributed by atoms with E-state index >= 15 is 0 Å². The van der Waals surface area contributed by atoms with Gasteiger partial charge in [-0.25, -0.2) is 13.1 Å². The normalized spacial score (nSPS) is 17.2. The molecule has 7 nitrogen and oxygen atoms in total. The molecular weight excluding hydrogens is 342 g/mol. The van der Waals surface area contributed by atoms with Crippen LogP contribution in [0.4, 0.5) is 5.69 Å². The molecule has 23 heavy (non-hydrogen) atoms. The zero-order valence-corrected chi connectivity index (χ0v) is 14.7. The minimum Gasteiger partial charge on any atom is -0.381 e. The van der Waals surface area contributed by atoms with Crippen LogP contribution in [0.15, 0.2) is 23.1 Å². The van der Waals surface area contributed by atoms with Crippen LogP contribution in [-0.2, 0) is 19.6 Å². The van der Waals surface area contributed by atoms with Crippen molar-refractivity contribution in [1.29, 1.82) is 0 Å². The van der Waals surface area contributed by atoms with Gasteiger partial charge >= 0.3 is 0 Å². The van der Waals surface area contributed by atoms with E-state index in [1.807, 2.05) is 0 Å². The Bertz CT molecular complexity index is 673. The first kappa shape index (κ1) is 19.9. The SMILES string of the molecule is CNS(=O)(=O)c1cc(NC(=O)C2(N)CCOCC2)ccc1C.Cl. The first-order valence-corrected chi connectivity index (χ1v) is 8.49. The molecule has 0 bridgehead atoms. The summed E-state index contributed by atoms with van der Waals surface area (Å²) < 4.78 is 31.4. The maximum absolute atomic E-state index is 12.3. The molecule has 0 spiro atoms. The Hall–Kier alpha value is -1.19. The van der Waals surface area contributed by atoms with Gasteiger partial charge in [0.1, 0.15) is 5.54 Å². The molecule has 0 saturated carbocycles. The minimum atomic E-state index is -3.58. The first-order valence-electron chi connectivity index (χ1n) is 7.01. The highest BCUT2D eigenvalue weighted by Gasteiger charge is 2.36. The highest BCUT2D eigenvalue weighted by Crippen LogP contribution is 2.23. The lowest BCUT2D eigenvalue weighted by Gasteiger charge is -2.31. The van der Waals surface area contributed by atoms with E-state index < -0.39 is 15.6 Å². The van der Waals surface area contributed by atoms with E-state index in [0.29, 0.717) is 37.3 Å². The van der Waals surface area contributed by atoms with Crippen molar-refractivity contribution in [2.24, 2.45) is 5.73 Å². The fraction of sp³-hybridized carbons (Fsp3) is 0.500. The van der Waals surface area contributed by atoms with Gasteiger partial charge in [-0.1, -0.05) is 6.07 Å². The van der Waals surface area contributed by atoms with Crippen LogP contribution in [0.2, 0.25) is 0 Å². The Morgan fingerprint density at radius 1 is 1.30 bits per heavy atom. The van der Waals surface area contributed by atoms with Crippen LogP contribution < -0.4 is 15.8 Å². The van der Waals surface area contributed by atoms with Crippen LogP contribution in [-0.4, -0.2) is 40.1 Å². The third kappa shape index (κ3) is 4.42. The molecule has 0 unspecified atom stereocenters. The summed E-state index contributed by atoms with van der Waals surface area (Å²) in [4.78, 5) is 12.5. The molecule has 1 amide bonds. The Labute approximate surface area is 142 Å². The van der Waals surface area contributed by atoms with Crippen LogP contribution in [0.1, 0.15) is 18.4 Å². The van der Waals surface area contributed by atoms with Gasteiger partial charge in [0.25, 0.3) is 0 Å². The smallest absolute Gasteiger partial charge is 0.244 e. The van der Waals surface area contributed by atoms with Gasteiger partial charge in [-0.05, 0) is 44.5 Å². The Morgan fingerprint density at radius 3 is 2.48 bits per heavy atom. The van der Waals surface area contributed by atoms with Crippen LogP contribution >= 0.6 is 12.4 Å². The van der Waals surface area contributed by atoms with E-state index in [4.69, 9.17) is 10.5 Å². The molecule has 0 atom stereocenters. The number of rotatable bonds is 4. The van der Waals surface area contributed by atoms with Crippen molar-refractivity contribution in [2.75, 3.05) is 25.6 Å². The number of sulfonamides is 1. The summed E-state index contributed by atoms with van der Waals surface area (Å²) in [5, 5.41) is 2.70. The number of carbonyl (C=O) groups excluding carboxylic acids is 1. The third-order valence-corrected chi connectivity index (χ3v) is 5.40. The number of carbonyl (C=O) groups is 1. The molecule has 1 heterocycles. The summed E-state index contributed by atoms with van der Waals surface area (Å²) >= 11 is 0. The number of benzene rings is 1. The van der Waals surface area contributed by atoms with Gasteiger partial charge < -0.3 is 15.8 Å². The molecule has 130 valence electrons. The highest BCUT2D eigenvalue weighted by molar-refractivity contribution is 7.89. The van der Waals surface area contributed by atoms with E-state index in [2.05, 4.69) is 10.0 Å². The molecular formula is C14H22ClN3O4S. The summed E-state index contributed by atoms with van der Waals surface area (Å²) in [6.07, 6.45) is 0.874. The van der Waals surface area contributed by atoms with Crippen molar-refractivity contribution in [2.45, 2.75) is 30.2 Å². The zero-order valence-electron chi connectivity index (χ0n) is 13.1. The van der Waals surface area contributed by atoms with Gasteiger partial charge in [-0.2, -0.15) is 0 Å². The van der Waals surface area contributed by atoms with Gasteiger partial charge in [-0.3, -0.25) is 4.79 Å². The van der Waals surface area contributed by atoms with Crippen molar-refractivity contribution >= 4 is 34.0 Å². The fourth-order valence-electron chi connectivity index (χ4n) is 2.30. The first-order chi connectivity index (χ1) is 10.3. The molecule has 2 rings (SSSR count). The summed E-state index contributed by atoms with van der Waals surface area (Å²) in [7, 11) is -2.24. The summed E-state index contributed by atoms with van der Waals surface area (Å²) in [6, 6.07) is 4.74. The lowest BCUT2D eigenvalue weighted by molar-refractivity contribution is -0.124. The number of anilines is 1. The number of halogens is 1. The second-order valence-electron chi connectivity index (χ2n) is 5.41. The van der Waals surface area contributed by atoms with Gasteiger partial charge in [0.2, 0.25) is 15.9 Å². The van der Waals surface area contributed by atoms with E-state index in [0.717, 1.165) is 0 Å². The minimum absolute atomic E-state index is 0. The van der Waals surface area contributed by atoms with E-state index in [1.54, 1.807) is 19.1 Å². The number of ether oxygens (including phenoxy) is 1. The van der Waals surface area contributed by atoms with Crippen LogP contribution in [0, 0.1) is 6.92 Å². The topological polar surface area (TPSA) is 111 Å². The number of hydrogen-bond donors (Lipinski definition) is 3. The standard InChI is InChI=1S/C14H21N3O4S.ClH/c1-10-3-4-11(9-12(10)22(19,20)16-2)17-13(18)14(15)5-7-21-8-6-14;/h3-4,9,16H,5-8,15H2,1-2H3,(H,17,18);1H. The lowest BCUT2D eigenvalue weighted by atomic mass is 9.90. The van der Waals surface area contributed by atoms with Crippen LogP contribution in [0.3, 0.4) is 0 Å². The monoisotopic (exact) mass is 363 g/mol. The summed E-state index contributed by atoms with van der Waals surface area (Å²) in [6.45, 7) is 2.58. The largest absolute Gasteiger partial charge is 0.381 e. The summed E-state index contributed by atoms with van der Waals surface area (Å²) in [5.74, 6) is -0.326. The van der Waals surface area contributed by atoms with Gasteiger partial charge in [0, 0.05) is 18.9 Å². The third-order valence-electron chi connectivity index (χ3n) is 3.84. The number of hydrogen-bond acceptors (Lipinski definition) is 5. The average molecular weight is 364 g/mol. The maximum Gasteiger partial charge on any atom is 0.244 e. The van der Waals surface area contributed by atoms with Crippen molar-refractivity contribution in [3.05, 3.63) is 23.8 Å². The van der Waals surface area contributed by atoms with Crippen LogP contribution in [0.25, 0.3) is 0 Å². The van der Waals surface area contributed by atoms with E-state index in [-0.39, 0.29) is 23.2 Å². The molecule has 9 heteroatoms. The van der Waals surface area contributed by atoms with Crippen molar-refractivity contribution in [3.63, 3.8) is 0 Å². The molecule has 0 aliphatic carbocycles. The summed E-state index contributed by atoms with van der Waals surface area (Å²) in [5.41, 5.74) is 6.13. The number of amides is 1. The molecule has 1 aromatic rings. The van der Waals surface area contributed by atoms with Gasteiger partial charge in [0.15, 0.2) is 0 Å². The van der Waals surface area contributed by atoms with E-state index in [9.17, 15) is 13.2 Å². The fourth-order valence-corrected chi connectivity index (χ4v) is 3.29. The zero-order chi connectivity index (χ0) is 16.4. The van der Waals surface area contributed by atoms with Crippen molar-refractivity contribution in [3.8, 4) is 0 Å². The van der Waals surface area contributed by atoms with Crippen LogP contribution in [0.5, 0.6) is 0 Å². The molecule has 1 aliphatic heterocycles. The molecule has 1 saturated heterocycles. The van der Waals surface area contributed by atoms with Crippen molar-refractivity contribution in [1.82, 2.24) is 4.72 Å². The maximum atomic E-state index is 12.3. The molecule has 0 radical (unpaired) electrons. The molecule has 1 aliphatic rings. The Balaban J connectivity index is 0.00000264.